The van der Waals surface area contributed by atoms with Crippen molar-refractivity contribution in [3.63, 3.8) is 0 Å². The highest BCUT2D eigenvalue weighted by molar-refractivity contribution is 5.61. The number of anilines is 1. The molecule has 0 unspecified atom stereocenters. The molecule has 1 aliphatic rings. The first-order valence-corrected chi connectivity index (χ1v) is 7.66. The van der Waals surface area contributed by atoms with Crippen LogP contribution in [-0.2, 0) is 6.54 Å². The molecule has 2 aromatic carbocycles. The summed E-state index contributed by atoms with van der Waals surface area (Å²) in [5.74, 6) is 1.84. The average Bonchev–Trinajstić information content (AvgIpc) is 2.56. The predicted molar refractivity (Wildman–Crippen MR) is 88.7 cm³/mol. The molecule has 2 aromatic rings. The maximum atomic E-state index is 5.82. The van der Waals surface area contributed by atoms with Crippen LogP contribution in [-0.4, -0.2) is 26.3 Å². The van der Waals surface area contributed by atoms with E-state index in [9.17, 15) is 0 Å². The minimum atomic E-state index is 0.535. The number of nitrogens with zero attached hydrogens (tertiary/aromatic N) is 1. The molecule has 0 aliphatic carbocycles. The van der Waals surface area contributed by atoms with Crippen LogP contribution < -0.4 is 20.1 Å². The van der Waals surface area contributed by atoms with Gasteiger partial charge in [-0.15, -0.1) is 0 Å². The number of rotatable bonds is 5. The Kier molecular flexibility index (Phi) is 4.49. The Hall–Kier alpha value is -2.20. The second-order valence-electron chi connectivity index (χ2n) is 5.50. The van der Waals surface area contributed by atoms with E-state index in [0.717, 1.165) is 35.8 Å². The van der Waals surface area contributed by atoms with E-state index in [1.54, 1.807) is 0 Å². The molecular formula is C18H22N2O2. The molecule has 0 fully saturated rings. The summed E-state index contributed by atoms with van der Waals surface area (Å²) in [5.41, 5.74) is 9.14. The third kappa shape index (κ3) is 3.34. The van der Waals surface area contributed by atoms with Crippen LogP contribution in [0, 0.1) is 6.92 Å². The summed E-state index contributed by atoms with van der Waals surface area (Å²) >= 11 is 0. The van der Waals surface area contributed by atoms with Crippen molar-refractivity contribution in [2.75, 3.05) is 31.2 Å². The van der Waals surface area contributed by atoms with E-state index >= 15 is 0 Å². The van der Waals surface area contributed by atoms with Crippen molar-refractivity contribution in [3.8, 4) is 11.5 Å². The molecule has 3 rings (SSSR count). The van der Waals surface area contributed by atoms with Crippen LogP contribution in [0.2, 0.25) is 0 Å². The molecule has 0 saturated carbocycles. The van der Waals surface area contributed by atoms with Gasteiger partial charge in [0, 0.05) is 6.54 Å². The van der Waals surface area contributed by atoms with Gasteiger partial charge >= 0.3 is 0 Å². The lowest BCUT2D eigenvalue weighted by atomic mass is 10.1. The molecule has 22 heavy (non-hydrogen) atoms. The van der Waals surface area contributed by atoms with E-state index in [1.807, 2.05) is 18.2 Å². The van der Waals surface area contributed by atoms with Crippen molar-refractivity contribution in [2.24, 2.45) is 5.73 Å². The van der Waals surface area contributed by atoms with Crippen LogP contribution in [0.15, 0.2) is 42.5 Å². The van der Waals surface area contributed by atoms with Gasteiger partial charge in [0.25, 0.3) is 0 Å². The van der Waals surface area contributed by atoms with Crippen LogP contribution >= 0.6 is 0 Å². The predicted octanol–water partition coefficient (Wildman–Crippen LogP) is 2.73. The topological polar surface area (TPSA) is 47.7 Å². The maximum absolute atomic E-state index is 5.82. The molecule has 0 spiro atoms. The van der Waals surface area contributed by atoms with Crippen LogP contribution in [0.25, 0.3) is 0 Å². The molecule has 0 amide bonds. The first-order chi connectivity index (χ1) is 10.8. The van der Waals surface area contributed by atoms with Gasteiger partial charge in [0.2, 0.25) is 0 Å². The highest BCUT2D eigenvalue weighted by Crippen LogP contribution is 2.32. The molecule has 4 nitrogen and oxygen atoms in total. The molecule has 0 bridgehead atoms. The Bertz CT molecular complexity index is 625. The molecular weight excluding hydrogens is 276 g/mol. The molecule has 4 heteroatoms. The fraction of sp³-hybridized carbons (Fsp3) is 0.333. The van der Waals surface area contributed by atoms with Crippen molar-refractivity contribution in [2.45, 2.75) is 13.5 Å². The molecule has 0 atom stereocenters. The van der Waals surface area contributed by atoms with E-state index in [0.29, 0.717) is 19.8 Å². The summed E-state index contributed by atoms with van der Waals surface area (Å²) in [6, 6.07) is 14.3. The zero-order valence-corrected chi connectivity index (χ0v) is 12.9. The van der Waals surface area contributed by atoms with Gasteiger partial charge in [-0.25, -0.2) is 0 Å². The lowest BCUT2D eigenvalue weighted by molar-refractivity contribution is 0.288. The molecule has 0 aromatic heterocycles. The summed E-state index contributed by atoms with van der Waals surface area (Å²) < 4.78 is 11.6. The number of fused-ring (bicyclic) bond motifs is 1. The molecule has 116 valence electrons. The lowest BCUT2D eigenvalue weighted by Gasteiger charge is -2.31. The fourth-order valence-corrected chi connectivity index (χ4v) is 2.59. The Morgan fingerprint density at radius 3 is 2.77 bits per heavy atom. The van der Waals surface area contributed by atoms with Crippen LogP contribution in [0.5, 0.6) is 11.5 Å². The molecule has 0 radical (unpaired) electrons. The minimum absolute atomic E-state index is 0.535. The monoisotopic (exact) mass is 298 g/mol. The second kappa shape index (κ2) is 6.71. The molecule has 2 N–H and O–H groups in total. The fourth-order valence-electron chi connectivity index (χ4n) is 2.59. The van der Waals surface area contributed by atoms with Gasteiger partial charge in [-0.1, -0.05) is 23.8 Å². The zero-order chi connectivity index (χ0) is 15.4. The van der Waals surface area contributed by atoms with E-state index in [-0.39, 0.29) is 0 Å². The Balaban J connectivity index is 1.61. The zero-order valence-electron chi connectivity index (χ0n) is 12.9. The average molecular weight is 298 g/mol. The summed E-state index contributed by atoms with van der Waals surface area (Å²) in [7, 11) is 0. The first-order valence-electron chi connectivity index (χ1n) is 7.66. The Morgan fingerprint density at radius 2 is 2.00 bits per heavy atom. The summed E-state index contributed by atoms with van der Waals surface area (Å²) in [5, 5.41) is 0. The number of hydrogen-bond donors (Lipinski definition) is 1. The minimum Gasteiger partial charge on any atom is -0.492 e. The van der Waals surface area contributed by atoms with Crippen molar-refractivity contribution in [3.05, 3.63) is 53.6 Å². The highest BCUT2D eigenvalue weighted by atomic mass is 16.5. The Morgan fingerprint density at radius 1 is 1.18 bits per heavy atom. The van der Waals surface area contributed by atoms with Crippen LogP contribution in [0.4, 0.5) is 5.69 Å². The van der Waals surface area contributed by atoms with E-state index in [1.165, 1.54) is 5.56 Å². The van der Waals surface area contributed by atoms with Gasteiger partial charge in [-0.2, -0.15) is 0 Å². The summed E-state index contributed by atoms with van der Waals surface area (Å²) in [6.07, 6.45) is 0. The smallest absolute Gasteiger partial charge is 0.143 e. The number of benzene rings is 2. The van der Waals surface area contributed by atoms with Gasteiger partial charge in [-0.3, -0.25) is 0 Å². The van der Waals surface area contributed by atoms with Crippen LogP contribution in [0.1, 0.15) is 11.1 Å². The SMILES string of the molecule is Cc1ccc(OCCN2CCOc3cc(CN)ccc32)cc1. The van der Waals surface area contributed by atoms with Gasteiger partial charge in [0.05, 0.1) is 18.8 Å². The molecule has 1 heterocycles. The summed E-state index contributed by atoms with van der Waals surface area (Å²) in [4.78, 5) is 2.30. The van der Waals surface area contributed by atoms with Gasteiger partial charge in [0.15, 0.2) is 0 Å². The number of aryl methyl sites for hydroxylation is 1. The number of ether oxygens (including phenoxy) is 2. The van der Waals surface area contributed by atoms with Crippen LogP contribution in [0.3, 0.4) is 0 Å². The van der Waals surface area contributed by atoms with E-state index in [2.05, 4.69) is 36.1 Å². The third-order valence-corrected chi connectivity index (χ3v) is 3.87. The number of nitrogens with two attached hydrogens (primary N) is 1. The maximum Gasteiger partial charge on any atom is 0.143 e. The normalized spacial score (nSPS) is 13.5. The Labute approximate surface area is 131 Å². The quantitative estimate of drug-likeness (QED) is 0.922. The first kappa shape index (κ1) is 14.7. The second-order valence-corrected chi connectivity index (χ2v) is 5.50. The summed E-state index contributed by atoms with van der Waals surface area (Å²) in [6.45, 7) is 5.68. The molecule has 1 aliphatic heterocycles. The van der Waals surface area contributed by atoms with Gasteiger partial charge < -0.3 is 20.1 Å². The van der Waals surface area contributed by atoms with Gasteiger partial charge in [0.1, 0.15) is 24.7 Å². The standard InChI is InChI=1S/C18H22N2O2/c1-14-2-5-16(6-3-14)21-10-8-20-9-11-22-18-12-15(13-19)4-7-17(18)20/h2-7,12H,8-11,13,19H2,1H3. The van der Waals surface area contributed by atoms with E-state index in [4.69, 9.17) is 15.2 Å². The van der Waals surface area contributed by atoms with Gasteiger partial charge in [-0.05, 0) is 36.8 Å². The lowest BCUT2D eigenvalue weighted by Crippen LogP contribution is -2.35. The van der Waals surface area contributed by atoms with E-state index < -0.39 is 0 Å². The third-order valence-electron chi connectivity index (χ3n) is 3.87. The largest absolute Gasteiger partial charge is 0.492 e. The van der Waals surface area contributed by atoms with Crippen molar-refractivity contribution in [1.82, 2.24) is 0 Å². The molecule has 0 saturated heterocycles. The number of hydrogen-bond acceptors (Lipinski definition) is 4. The van der Waals surface area contributed by atoms with Crippen molar-refractivity contribution in [1.29, 1.82) is 0 Å². The van der Waals surface area contributed by atoms with Crippen molar-refractivity contribution >= 4 is 5.69 Å². The van der Waals surface area contributed by atoms with Crippen molar-refractivity contribution < 1.29 is 9.47 Å². The highest BCUT2D eigenvalue weighted by Gasteiger charge is 2.18.